The van der Waals surface area contributed by atoms with Gasteiger partial charge in [-0.15, -0.1) is 0 Å². The Morgan fingerprint density at radius 1 is 1.00 bits per heavy atom. The first-order valence-electron chi connectivity index (χ1n) is 12.6. The Kier molecular flexibility index (Phi) is 5.67. The van der Waals surface area contributed by atoms with Crippen LogP contribution in [0.3, 0.4) is 0 Å². The molecule has 1 heteroatoms. The van der Waals surface area contributed by atoms with Gasteiger partial charge in [-0.3, -0.25) is 4.79 Å². The van der Waals surface area contributed by atoms with Gasteiger partial charge in [-0.05, 0) is 97.0 Å². The summed E-state index contributed by atoms with van der Waals surface area (Å²) in [4.78, 5) is 12.1. The van der Waals surface area contributed by atoms with E-state index >= 15 is 0 Å². The lowest BCUT2D eigenvalue weighted by atomic mass is 9.46. The molecule has 0 aromatic heterocycles. The molecule has 0 aromatic carbocycles. The highest BCUT2D eigenvalue weighted by Crippen LogP contribution is 2.67. The summed E-state index contributed by atoms with van der Waals surface area (Å²) in [5, 5.41) is 0. The Bertz CT molecular complexity index is 712. The molecule has 4 rings (SSSR count). The third-order valence-corrected chi connectivity index (χ3v) is 10.1. The smallest absolute Gasteiger partial charge is 0.156 e. The van der Waals surface area contributed by atoms with E-state index in [0.717, 1.165) is 48.3 Å². The highest BCUT2D eigenvalue weighted by atomic mass is 16.1. The number of carbonyl (C=O) groups is 1. The average molecular weight is 397 g/mol. The molecular weight excluding hydrogens is 352 g/mol. The molecule has 4 aliphatic rings. The van der Waals surface area contributed by atoms with Gasteiger partial charge in [0.05, 0.1) is 0 Å². The van der Waals surface area contributed by atoms with E-state index < -0.39 is 0 Å². The van der Waals surface area contributed by atoms with Crippen molar-refractivity contribution in [2.45, 2.75) is 99.3 Å². The first-order valence-corrected chi connectivity index (χ1v) is 12.6. The first-order chi connectivity index (χ1) is 13.7. The fourth-order valence-corrected chi connectivity index (χ4v) is 8.40. The van der Waals surface area contributed by atoms with Crippen LogP contribution < -0.4 is 0 Å². The van der Waals surface area contributed by atoms with Crippen molar-refractivity contribution in [3.63, 3.8) is 0 Å². The maximum Gasteiger partial charge on any atom is 0.156 e. The zero-order valence-corrected chi connectivity index (χ0v) is 19.9. The Hall–Kier alpha value is -0.850. The summed E-state index contributed by atoms with van der Waals surface area (Å²) in [6.07, 6.45) is 16.1. The van der Waals surface area contributed by atoms with Crippen molar-refractivity contribution >= 4 is 5.78 Å². The van der Waals surface area contributed by atoms with Crippen LogP contribution in [0.5, 0.6) is 0 Å². The normalized spacial score (nSPS) is 42.7. The minimum atomic E-state index is 0.236. The Balaban J connectivity index is 1.57. The number of fused-ring (bicyclic) bond motifs is 5. The van der Waals surface area contributed by atoms with Crippen LogP contribution in [0.15, 0.2) is 23.3 Å². The van der Waals surface area contributed by atoms with Gasteiger partial charge in [0.15, 0.2) is 5.78 Å². The Morgan fingerprint density at radius 3 is 2.48 bits per heavy atom. The molecular formula is C28H44O. The molecule has 4 aliphatic carbocycles. The second-order valence-corrected chi connectivity index (χ2v) is 12.1. The lowest BCUT2D eigenvalue weighted by Crippen LogP contribution is -2.50. The fourth-order valence-electron chi connectivity index (χ4n) is 8.40. The number of rotatable bonds is 5. The van der Waals surface area contributed by atoms with Crippen molar-refractivity contribution in [1.29, 1.82) is 0 Å². The van der Waals surface area contributed by atoms with Crippen molar-refractivity contribution in [1.82, 2.24) is 0 Å². The van der Waals surface area contributed by atoms with Gasteiger partial charge < -0.3 is 0 Å². The van der Waals surface area contributed by atoms with Crippen molar-refractivity contribution in [2.24, 2.45) is 46.3 Å². The lowest BCUT2D eigenvalue weighted by molar-refractivity contribution is -0.116. The third-order valence-electron chi connectivity index (χ3n) is 10.1. The van der Waals surface area contributed by atoms with Crippen LogP contribution in [-0.2, 0) is 4.79 Å². The zero-order chi connectivity index (χ0) is 21.0. The van der Waals surface area contributed by atoms with Crippen LogP contribution in [-0.4, -0.2) is 5.78 Å². The van der Waals surface area contributed by atoms with E-state index in [1.54, 1.807) is 5.57 Å². The number of hydrogen-bond donors (Lipinski definition) is 0. The molecule has 0 spiro atoms. The lowest BCUT2D eigenvalue weighted by Gasteiger charge is -2.58. The maximum atomic E-state index is 12.1. The zero-order valence-electron chi connectivity index (χ0n) is 19.9. The second-order valence-electron chi connectivity index (χ2n) is 12.1. The number of allylic oxidation sites excluding steroid dienone is 4. The van der Waals surface area contributed by atoms with Crippen molar-refractivity contribution in [3.8, 4) is 0 Å². The van der Waals surface area contributed by atoms with Gasteiger partial charge in [0.1, 0.15) is 0 Å². The Morgan fingerprint density at radius 2 is 1.76 bits per heavy atom. The molecule has 0 amide bonds. The van der Waals surface area contributed by atoms with Crippen LogP contribution in [0, 0.1) is 46.3 Å². The summed E-state index contributed by atoms with van der Waals surface area (Å²) in [5.41, 5.74) is 3.70. The molecule has 2 fully saturated rings. The summed E-state index contributed by atoms with van der Waals surface area (Å²) in [5.74, 6) is 5.31. The quantitative estimate of drug-likeness (QED) is 0.464. The van der Waals surface area contributed by atoms with Gasteiger partial charge in [0, 0.05) is 6.42 Å². The van der Waals surface area contributed by atoms with Gasteiger partial charge in [0.2, 0.25) is 0 Å². The monoisotopic (exact) mass is 396 g/mol. The van der Waals surface area contributed by atoms with Crippen molar-refractivity contribution in [2.75, 3.05) is 0 Å². The standard InChI is InChI=1S/C28H44O/c1-18(2)8-7-9-19(3)23-10-11-24-26-20(4)16-21-17-22(29)12-14-27(21,5)25(26)13-15-28(23,24)6/h16-19,23-26H,7-15H2,1-6H3/t19?,23?,24?,25?,26?,27-,28+/m0/s1. The largest absolute Gasteiger partial charge is 0.295 e. The number of ketones is 1. The van der Waals surface area contributed by atoms with Crippen LogP contribution in [0.4, 0.5) is 0 Å². The molecule has 29 heavy (non-hydrogen) atoms. The maximum absolute atomic E-state index is 12.1. The summed E-state index contributed by atoms with van der Waals surface area (Å²) < 4.78 is 0. The topological polar surface area (TPSA) is 17.1 Å². The molecule has 2 saturated carbocycles. The van der Waals surface area contributed by atoms with Gasteiger partial charge in [-0.25, -0.2) is 0 Å². The van der Waals surface area contributed by atoms with Crippen LogP contribution in [0.1, 0.15) is 99.3 Å². The Labute approximate surface area is 179 Å². The van der Waals surface area contributed by atoms with Gasteiger partial charge >= 0.3 is 0 Å². The molecule has 0 N–H and O–H groups in total. The van der Waals surface area contributed by atoms with Crippen LogP contribution >= 0.6 is 0 Å². The molecule has 5 unspecified atom stereocenters. The van der Waals surface area contributed by atoms with Crippen LogP contribution in [0.2, 0.25) is 0 Å². The molecule has 0 bridgehead atoms. The number of hydrogen-bond acceptors (Lipinski definition) is 1. The van der Waals surface area contributed by atoms with E-state index in [4.69, 9.17) is 0 Å². The molecule has 7 atom stereocenters. The molecule has 162 valence electrons. The third kappa shape index (κ3) is 3.49. The average Bonchev–Trinajstić information content (AvgIpc) is 3.00. The van der Waals surface area contributed by atoms with E-state index in [0.29, 0.717) is 11.2 Å². The van der Waals surface area contributed by atoms with Gasteiger partial charge in [-0.2, -0.15) is 0 Å². The minimum absolute atomic E-state index is 0.236. The highest BCUT2D eigenvalue weighted by molar-refractivity contribution is 5.92. The summed E-state index contributed by atoms with van der Waals surface area (Å²) in [6, 6.07) is 0. The molecule has 0 saturated heterocycles. The van der Waals surface area contributed by atoms with Crippen molar-refractivity contribution < 1.29 is 4.79 Å². The molecule has 0 heterocycles. The van der Waals surface area contributed by atoms with E-state index in [-0.39, 0.29) is 5.41 Å². The van der Waals surface area contributed by atoms with E-state index in [2.05, 4.69) is 47.6 Å². The SMILES string of the molecule is CC1=CC2=CC(=O)CC[C@]2(C)C2CC[C@]3(C)C(C(C)CCCC(C)C)CCC3C12. The van der Waals surface area contributed by atoms with Crippen LogP contribution in [0.25, 0.3) is 0 Å². The first kappa shape index (κ1) is 21.4. The predicted molar refractivity (Wildman–Crippen MR) is 123 cm³/mol. The molecule has 0 aromatic rings. The summed E-state index contributed by atoms with van der Waals surface area (Å²) in [7, 11) is 0. The highest BCUT2D eigenvalue weighted by Gasteiger charge is 2.59. The predicted octanol–water partition coefficient (Wildman–Crippen LogP) is 7.76. The summed E-state index contributed by atoms with van der Waals surface area (Å²) in [6.45, 7) is 14.8. The molecule has 1 nitrogen and oxygen atoms in total. The van der Waals surface area contributed by atoms with E-state index in [1.807, 2.05) is 6.08 Å². The number of carbonyl (C=O) groups excluding carboxylic acids is 1. The van der Waals surface area contributed by atoms with E-state index in [9.17, 15) is 4.79 Å². The second kappa shape index (κ2) is 7.69. The summed E-state index contributed by atoms with van der Waals surface area (Å²) >= 11 is 0. The van der Waals surface area contributed by atoms with E-state index in [1.165, 1.54) is 50.5 Å². The van der Waals surface area contributed by atoms with Gasteiger partial charge in [0.25, 0.3) is 0 Å². The van der Waals surface area contributed by atoms with Crippen molar-refractivity contribution in [3.05, 3.63) is 23.3 Å². The minimum Gasteiger partial charge on any atom is -0.295 e. The van der Waals surface area contributed by atoms with Gasteiger partial charge in [-0.1, -0.05) is 65.5 Å². The fraction of sp³-hybridized carbons (Fsp3) is 0.821. The molecule has 0 radical (unpaired) electrons. The molecule has 0 aliphatic heterocycles.